The van der Waals surface area contributed by atoms with Crippen molar-refractivity contribution in [2.75, 3.05) is 11.5 Å². The highest BCUT2D eigenvalue weighted by molar-refractivity contribution is 7.99. The molecule has 2 aromatic rings. The van der Waals surface area contributed by atoms with Crippen molar-refractivity contribution in [1.82, 2.24) is 0 Å². The lowest BCUT2D eigenvalue weighted by atomic mass is 10.1. The molecule has 0 nitrogen and oxygen atoms in total. The standard InChI is InChI=1S/C16H16S2/c1-3-10-17-14-8-9-15-13(12-14)6-5-7-16(15)18-11-4-2/h3-9,12H,1-2,10-11H2. The summed E-state index contributed by atoms with van der Waals surface area (Å²) in [4.78, 5) is 2.63. The molecule has 0 radical (unpaired) electrons. The van der Waals surface area contributed by atoms with Crippen LogP contribution >= 0.6 is 23.5 Å². The lowest BCUT2D eigenvalue weighted by Gasteiger charge is -2.07. The van der Waals surface area contributed by atoms with Crippen molar-refractivity contribution in [1.29, 1.82) is 0 Å². The van der Waals surface area contributed by atoms with Crippen LogP contribution in [0.15, 0.2) is 71.5 Å². The first-order chi connectivity index (χ1) is 8.85. The molecule has 0 amide bonds. The molecule has 0 aliphatic carbocycles. The van der Waals surface area contributed by atoms with Crippen molar-refractivity contribution in [2.24, 2.45) is 0 Å². The summed E-state index contributed by atoms with van der Waals surface area (Å²) in [7, 11) is 0. The van der Waals surface area contributed by atoms with Gasteiger partial charge in [0.1, 0.15) is 0 Å². The Balaban J connectivity index is 2.33. The van der Waals surface area contributed by atoms with E-state index in [4.69, 9.17) is 0 Å². The molecular formula is C16H16S2. The van der Waals surface area contributed by atoms with Crippen molar-refractivity contribution in [3.63, 3.8) is 0 Å². The van der Waals surface area contributed by atoms with E-state index in [1.807, 2.05) is 35.7 Å². The Morgan fingerprint density at radius 2 is 1.72 bits per heavy atom. The third-order valence-corrected chi connectivity index (χ3v) is 4.60. The predicted molar refractivity (Wildman–Crippen MR) is 85.8 cm³/mol. The SMILES string of the molecule is C=CCSc1ccc2c(SCC=C)cccc2c1. The fourth-order valence-corrected chi connectivity index (χ4v) is 3.25. The van der Waals surface area contributed by atoms with E-state index in [9.17, 15) is 0 Å². The molecule has 0 N–H and O–H groups in total. The molecule has 0 aliphatic rings. The van der Waals surface area contributed by atoms with Crippen LogP contribution < -0.4 is 0 Å². The van der Waals surface area contributed by atoms with E-state index in [-0.39, 0.29) is 0 Å². The number of rotatable bonds is 6. The average molecular weight is 272 g/mol. The molecule has 0 atom stereocenters. The lowest BCUT2D eigenvalue weighted by molar-refractivity contribution is 1.46. The summed E-state index contributed by atoms with van der Waals surface area (Å²) in [5.74, 6) is 1.91. The van der Waals surface area contributed by atoms with Crippen LogP contribution in [-0.2, 0) is 0 Å². The summed E-state index contributed by atoms with van der Waals surface area (Å²) in [5, 5.41) is 2.63. The van der Waals surface area contributed by atoms with Crippen molar-refractivity contribution in [3.05, 3.63) is 61.7 Å². The van der Waals surface area contributed by atoms with Crippen LogP contribution in [-0.4, -0.2) is 11.5 Å². The van der Waals surface area contributed by atoms with Gasteiger partial charge in [0.25, 0.3) is 0 Å². The molecule has 2 rings (SSSR count). The quantitative estimate of drug-likeness (QED) is 0.510. The number of hydrogen-bond donors (Lipinski definition) is 0. The van der Waals surface area contributed by atoms with Gasteiger partial charge in [0.05, 0.1) is 0 Å². The Bertz CT molecular complexity index is 558. The Morgan fingerprint density at radius 3 is 2.50 bits per heavy atom. The summed E-state index contributed by atoms with van der Waals surface area (Å²) < 4.78 is 0. The van der Waals surface area contributed by atoms with Crippen LogP contribution in [0.3, 0.4) is 0 Å². The van der Waals surface area contributed by atoms with Gasteiger partial charge in [0, 0.05) is 21.3 Å². The monoisotopic (exact) mass is 272 g/mol. The summed E-state index contributed by atoms with van der Waals surface area (Å²) in [6.07, 6.45) is 3.88. The van der Waals surface area contributed by atoms with Crippen LogP contribution in [0.5, 0.6) is 0 Å². The fraction of sp³-hybridized carbons (Fsp3) is 0.125. The van der Waals surface area contributed by atoms with Crippen molar-refractivity contribution in [3.8, 4) is 0 Å². The van der Waals surface area contributed by atoms with E-state index in [2.05, 4.69) is 49.6 Å². The minimum atomic E-state index is 0.950. The molecule has 0 bridgehead atoms. The maximum absolute atomic E-state index is 3.77. The van der Waals surface area contributed by atoms with Crippen LogP contribution in [0.4, 0.5) is 0 Å². The van der Waals surface area contributed by atoms with Gasteiger partial charge >= 0.3 is 0 Å². The van der Waals surface area contributed by atoms with Gasteiger partial charge in [-0.1, -0.05) is 30.4 Å². The van der Waals surface area contributed by atoms with Gasteiger partial charge in [0.15, 0.2) is 0 Å². The Hall–Kier alpha value is -1.12. The van der Waals surface area contributed by atoms with Gasteiger partial charge in [-0.15, -0.1) is 36.7 Å². The second kappa shape index (κ2) is 6.72. The molecule has 2 aromatic carbocycles. The van der Waals surface area contributed by atoms with Crippen LogP contribution in [0.25, 0.3) is 10.8 Å². The van der Waals surface area contributed by atoms with Crippen LogP contribution in [0.2, 0.25) is 0 Å². The highest BCUT2D eigenvalue weighted by Crippen LogP contribution is 2.30. The molecule has 0 saturated heterocycles. The second-order valence-corrected chi connectivity index (χ2v) is 5.99. The third kappa shape index (κ3) is 3.21. The lowest BCUT2D eigenvalue weighted by Crippen LogP contribution is -1.81. The van der Waals surface area contributed by atoms with Gasteiger partial charge in [-0.3, -0.25) is 0 Å². The van der Waals surface area contributed by atoms with E-state index in [1.54, 1.807) is 0 Å². The normalized spacial score (nSPS) is 10.4. The average Bonchev–Trinajstić information content (AvgIpc) is 2.42. The molecule has 0 unspecified atom stereocenters. The van der Waals surface area contributed by atoms with Gasteiger partial charge in [-0.25, -0.2) is 0 Å². The van der Waals surface area contributed by atoms with Crippen molar-refractivity contribution >= 4 is 34.3 Å². The molecule has 0 spiro atoms. The minimum absolute atomic E-state index is 0.950. The van der Waals surface area contributed by atoms with Crippen LogP contribution in [0, 0.1) is 0 Å². The topological polar surface area (TPSA) is 0 Å². The Morgan fingerprint density at radius 1 is 0.944 bits per heavy atom. The number of thioether (sulfide) groups is 2. The summed E-state index contributed by atoms with van der Waals surface area (Å²) in [6, 6.07) is 13.1. The first-order valence-electron chi connectivity index (χ1n) is 5.85. The highest BCUT2D eigenvalue weighted by Gasteiger charge is 2.02. The maximum Gasteiger partial charge on any atom is 0.0158 e. The van der Waals surface area contributed by atoms with E-state index in [0.29, 0.717) is 0 Å². The van der Waals surface area contributed by atoms with Gasteiger partial charge in [-0.05, 0) is 29.0 Å². The zero-order valence-corrected chi connectivity index (χ0v) is 11.9. The Kier molecular flexibility index (Phi) is 4.97. The molecule has 0 fully saturated rings. The fourth-order valence-electron chi connectivity index (χ4n) is 1.75. The zero-order chi connectivity index (χ0) is 12.8. The second-order valence-electron chi connectivity index (χ2n) is 3.84. The first kappa shape index (κ1) is 13.3. The first-order valence-corrected chi connectivity index (χ1v) is 7.82. The summed E-state index contributed by atoms with van der Waals surface area (Å²) >= 11 is 3.65. The zero-order valence-electron chi connectivity index (χ0n) is 10.3. The molecule has 0 saturated carbocycles. The molecule has 18 heavy (non-hydrogen) atoms. The van der Waals surface area contributed by atoms with Crippen LogP contribution in [0.1, 0.15) is 0 Å². The molecule has 0 aromatic heterocycles. The largest absolute Gasteiger partial charge is 0.122 e. The van der Waals surface area contributed by atoms with Crippen molar-refractivity contribution in [2.45, 2.75) is 9.79 Å². The van der Waals surface area contributed by atoms with E-state index < -0.39 is 0 Å². The molecule has 0 heterocycles. The summed E-state index contributed by atoms with van der Waals surface area (Å²) in [6.45, 7) is 7.52. The van der Waals surface area contributed by atoms with Crippen molar-refractivity contribution < 1.29 is 0 Å². The third-order valence-electron chi connectivity index (χ3n) is 2.54. The van der Waals surface area contributed by atoms with Gasteiger partial charge in [0.2, 0.25) is 0 Å². The molecular weight excluding hydrogens is 256 g/mol. The highest BCUT2D eigenvalue weighted by atomic mass is 32.2. The maximum atomic E-state index is 3.77. The molecule has 0 aliphatic heterocycles. The van der Waals surface area contributed by atoms with Gasteiger partial charge < -0.3 is 0 Å². The number of benzene rings is 2. The smallest absolute Gasteiger partial charge is 0.0158 e. The number of hydrogen-bond acceptors (Lipinski definition) is 2. The number of fused-ring (bicyclic) bond motifs is 1. The Labute approximate surface area is 117 Å². The molecule has 92 valence electrons. The van der Waals surface area contributed by atoms with E-state index in [0.717, 1.165) is 11.5 Å². The van der Waals surface area contributed by atoms with E-state index >= 15 is 0 Å². The van der Waals surface area contributed by atoms with Gasteiger partial charge in [-0.2, -0.15) is 0 Å². The summed E-state index contributed by atoms with van der Waals surface area (Å²) in [5.41, 5.74) is 0. The minimum Gasteiger partial charge on any atom is -0.122 e. The van der Waals surface area contributed by atoms with E-state index in [1.165, 1.54) is 20.6 Å². The molecule has 2 heteroatoms. The predicted octanol–water partition coefficient (Wildman–Crippen LogP) is 5.40.